The van der Waals surface area contributed by atoms with E-state index < -0.39 is 0 Å². The van der Waals surface area contributed by atoms with Crippen molar-refractivity contribution in [1.82, 2.24) is 15.3 Å². The standard InChI is InChI=1S/C22H29N5O2/c1-15(24-16(2)28)18-6-8-19(9-7-18)29-20-13-27(14-20)21-10-11-23-22(25-21)26(3)12-17-4-5-17/h6-11,15,17,20H,4-5,12-14H2,1-3H3,(H,24,28)/t15-/m0/s1. The molecular formula is C22H29N5O2. The number of aromatic nitrogens is 2. The van der Waals surface area contributed by atoms with E-state index in [0.29, 0.717) is 0 Å². The zero-order valence-electron chi connectivity index (χ0n) is 17.3. The molecule has 7 nitrogen and oxygen atoms in total. The molecule has 4 rings (SSSR count). The van der Waals surface area contributed by atoms with Gasteiger partial charge in [-0.1, -0.05) is 12.1 Å². The predicted octanol–water partition coefficient (Wildman–Crippen LogP) is 2.79. The second-order valence-electron chi connectivity index (χ2n) is 8.17. The average molecular weight is 396 g/mol. The molecule has 0 bridgehead atoms. The molecule has 2 fully saturated rings. The minimum atomic E-state index is -0.0287. The minimum absolute atomic E-state index is 0.00856. The number of benzene rings is 1. The number of carbonyl (C=O) groups excluding carboxylic acids is 1. The topological polar surface area (TPSA) is 70.6 Å². The van der Waals surface area contributed by atoms with Crippen molar-refractivity contribution in [2.75, 3.05) is 36.5 Å². The second kappa shape index (κ2) is 8.27. The summed E-state index contributed by atoms with van der Waals surface area (Å²) in [6.07, 6.45) is 4.63. The third kappa shape index (κ3) is 4.96. The van der Waals surface area contributed by atoms with E-state index in [9.17, 15) is 4.79 Å². The second-order valence-corrected chi connectivity index (χ2v) is 8.17. The first kappa shape index (κ1) is 19.5. The van der Waals surface area contributed by atoms with Crippen LogP contribution in [0.15, 0.2) is 36.5 Å². The van der Waals surface area contributed by atoms with Crippen LogP contribution in [0.2, 0.25) is 0 Å². The molecule has 2 aliphatic rings. The smallest absolute Gasteiger partial charge is 0.227 e. The molecule has 1 saturated heterocycles. The van der Waals surface area contributed by atoms with E-state index in [1.165, 1.54) is 19.8 Å². The molecular weight excluding hydrogens is 366 g/mol. The minimum Gasteiger partial charge on any atom is -0.487 e. The van der Waals surface area contributed by atoms with Crippen molar-refractivity contribution < 1.29 is 9.53 Å². The lowest BCUT2D eigenvalue weighted by atomic mass is 10.1. The molecule has 1 N–H and O–H groups in total. The Morgan fingerprint density at radius 2 is 2.00 bits per heavy atom. The molecule has 1 aliphatic carbocycles. The molecule has 1 atom stereocenters. The third-order valence-electron chi connectivity index (χ3n) is 5.47. The fraction of sp³-hybridized carbons (Fsp3) is 0.500. The highest BCUT2D eigenvalue weighted by atomic mass is 16.5. The number of amides is 1. The Bertz CT molecular complexity index is 847. The van der Waals surface area contributed by atoms with E-state index in [-0.39, 0.29) is 18.1 Å². The summed E-state index contributed by atoms with van der Waals surface area (Å²) >= 11 is 0. The zero-order valence-corrected chi connectivity index (χ0v) is 17.3. The summed E-state index contributed by atoms with van der Waals surface area (Å²) in [5, 5.41) is 2.89. The lowest BCUT2D eigenvalue weighted by molar-refractivity contribution is -0.119. The highest BCUT2D eigenvalue weighted by Crippen LogP contribution is 2.30. The Kier molecular flexibility index (Phi) is 5.56. The molecule has 0 radical (unpaired) electrons. The summed E-state index contributed by atoms with van der Waals surface area (Å²) in [4.78, 5) is 24.7. The molecule has 1 amide bonds. The van der Waals surface area contributed by atoms with Gasteiger partial charge in [0.1, 0.15) is 17.7 Å². The number of carbonyl (C=O) groups is 1. The largest absolute Gasteiger partial charge is 0.487 e. The molecule has 1 aliphatic heterocycles. The van der Waals surface area contributed by atoms with E-state index in [1.54, 1.807) is 0 Å². The molecule has 0 spiro atoms. The Hall–Kier alpha value is -2.83. The van der Waals surface area contributed by atoms with E-state index in [2.05, 4.69) is 27.1 Å². The first-order valence-corrected chi connectivity index (χ1v) is 10.3. The number of hydrogen-bond donors (Lipinski definition) is 1. The van der Waals surface area contributed by atoms with Crippen molar-refractivity contribution in [2.45, 2.75) is 38.8 Å². The monoisotopic (exact) mass is 395 g/mol. The maximum absolute atomic E-state index is 11.2. The number of nitrogens with zero attached hydrogens (tertiary/aromatic N) is 4. The van der Waals surface area contributed by atoms with Gasteiger partial charge in [-0.15, -0.1) is 0 Å². The van der Waals surface area contributed by atoms with Gasteiger partial charge < -0.3 is 19.9 Å². The summed E-state index contributed by atoms with van der Waals surface area (Å²) in [7, 11) is 2.07. The van der Waals surface area contributed by atoms with Gasteiger partial charge in [-0.2, -0.15) is 4.98 Å². The van der Waals surface area contributed by atoms with Gasteiger partial charge in [0.05, 0.1) is 19.1 Å². The molecule has 1 saturated carbocycles. The Labute approximate surface area is 172 Å². The molecule has 2 heterocycles. The fourth-order valence-electron chi connectivity index (χ4n) is 3.58. The van der Waals surface area contributed by atoms with E-state index >= 15 is 0 Å². The number of anilines is 2. The number of nitrogens with one attached hydrogen (secondary N) is 1. The summed E-state index contributed by atoms with van der Waals surface area (Å²) in [6, 6.07) is 9.88. The van der Waals surface area contributed by atoms with Crippen LogP contribution < -0.4 is 19.9 Å². The van der Waals surface area contributed by atoms with Crippen molar-refractivity contribution in [3.8, 4) is 5.75 Å². The van der Waals surface area contributed by atoms with Crippen LogP contribution in [-0.4, -0.2) is 48.7 Å². The normalized spacial score (nSPS) is 17.4. The third-order valence-corrected chi connectivity index (χ3v) is 5.47. The van der Waals surface area contributed by atoms with Crippen LogP contribution in [-0.2, 0) is 4.79 Å². The summed E-state index contributed by atoms with van der Waals surface area (Å²) in [5.41, 5.74) is 1.06. The lowest BCUT2D eigenvalue weighted by Crippen LogP contribution is -2.54. The summed E-state index contributed by atoms with van der Waals surface area (Å²) in [6.45, 7) is 6.16. The van der Waals surface area contributed by atoms with Crippen LogP contribution in [0.5, 0.6) is 5.75 Å². The van der Waals surface area contributed by atoms with Gasteiger partial charge in [-0.05, 0) is 49.4 Å². The predicted molar refractivity (Wildman–Crippen MR) is 113 cm³/mol. The molecule has 2 aromatic rings. The van der Waals surface area contributed by atoms with Crippen LogP contribution in [0.1, 0.15) is 38.3 Å². The molecule has 1 aromatic carbocycles. The van der Waals surface area contributed by atoms with Crippen LogP contribution >= 0.6 is 0 Å². The van der Waals surface area contributed by atoms with Crippen LogP contribution in [0.25, 0.3) is 0 Å². The first-order valence-electron chi connectivity index (χ1n) is 10.3. The maximum Gasteiger partial charge on any atom is 0.227 e. The Morgan fingerprint density at radius 1 is 1.28 bits per heavy atom. The highest BCUT2D eigenvalue weighted by Gasteiger charge is 2.30. The Balaban J connectivity index is 1.28. The molecule has 154 valence electrons. The van der Waals surface area contributed by atoms with Crippen molar-refractivity contribution in [3.05, 3.63) is 42.1 Å². The summed E-state index contributed by atoms with van der Waals surface area (Å²) < 4.78 is 6.07. The van der Waals surface area contributed by atoms with Crippen molar-refractivity contribution in [3.63, 3.8) is 0 Å². The van der Waals surface area contributed by atoms with E-state index in [4.69, 9.17) is 9.72 Å². The van der Waals surface area contributed by atoms with E-state index in [0.717, 1.165) is 48.6 Å². The van der Waals surface area contributed by atoms with Crippen LogP contribution in [0.4, 0.5) is 11.8 Å². The summed E-state index contributed by atoms with van der Waals surface area (Å²) in [5.74, 6) is 3.38. The molecule has 7 heteroatoms. The Morgan fingerprint density at radius 3 is 2.66 bits per heavy atom. The van der Waals surface area contributed by atoms with Crippen LogP contribution in [0.3, 0.4) is 0 Å². The van der Waals surface area contributed by atoms with Gasteiger partial charge in [0, 0.05) is 26.7 Å². The van der Waals surface area contributed by atoms with E-state index in [1.807, 2.05) is 43.5 Å². The van der Waals surface area contributed by atoms with Crippen molar-refractivity contribution >= 4 is 17.7 Å². The van der Waals surface area contributed by atoms with Crippen LogP contribution in [0, 0.1) is 5.92 Å². The van der Waals surface area contributed by atoms with Gasteiger partial charge >= 0.3 is 0 Å². The quantitative estimate of drug-likeness (QED) is 0.741. The maximum atomic E-state index is 11.2. The SMILES string of the molecule is CC(=O)N[C@@H](C)c1ccc(OC2CN(c3ccnc(N(C)CC4CC4)n3)C2)cc1. The van der Waals surface area contributed by atoms with Gasteiger partial charge in [-0.25, -0.2) is 4.98 Å². The average Bonchev–Trinajstić information content (AvgIpc) is 3.48. The molecule has 29 heavy (non-hydrogen) atoms. The molecule has 1 aromatic heterocycles. The van der Waals surface area contributed by atoms with Gasteiger partial charge in [0.2, 0.25) is 11.9 Å². The van der Waals surface area contributed by atoms with Gasteiger partial charge in [0.15, 0.2) is 0 Å². The fourth-order valence-corrected chi connectivity index (χ4v) is 3.58. The van der Waals surface area contributed by atoms with Gasteiger partial charge in [-0.3, -0.25) is 4.79 Å². The molecule has 0 unspecified atom stereocenters. The number of rotatable bonds is 8. The van der Waals surface area contributed by atoms with Crippen molar-refractivity contribution in [1.29, 1.82) is 0 Å². The number of ether oxygens (including phenoxy) is 1. The first-order chi connectivity index (χ1) is 14.0. The lowest BCUT2D eigenvalue weighted by Gasteiger charge is -2.40. The highest BCUT2D eigenvalue weighted by molar-refractivity contribution is 5.73. The van der Waals surface area contributed by atoms with Crippen molar-refractivity contribution in [2.24, 2.45) is 5.92 Å². The number of hydrogen-bond acceptors (Lipinski definition) is 6. The zero-order chi connectivity index (χ0) is 20.4. The van der Waals surface area contributed by atoms with Gasteiger partial charge in [0.25, 0.3) is 0 Å².